The first-order valence-electron chi connectivity index (χ1n) is 11.9. The Morgan fingerprint density at radius 3 is 2.70 bits per heavy atom. The van der Waals surface area contributed by atoms with E-state index in [2.05, 4.69) is 25.5 Å². The van der Waals surface area contributed by atoms with E-state index in [1.165, 1.54) is 19.3 Å². The molecular weight excluding hydrogens is 436 g/mol. The van der Waals surface area contributed by atoms with Gasteiger partial charge in [0.25, 0.3) is 5.91 Å². The lowest BCUT2D eigenvalue weighted by Gasteiger charge is -2.45. The summed E-state index contributed by atoms with van der Waals surface area (Å²) in [4.78, 5) is 24.9. The fourth-order valence-electron chi connectivity index (χ4n) is 5.58. The molecule has 1 atom stereocenters. The summed E-state index contributed by atoms with van der Waals surface area (Å²) in [5.41, 5.74) is 1.41. The van der Waals surface area contributed by atoms with Gasteiger partial charge in [-0.15, -0.1) is 0 Å². The van der Waals surface area contributed by atoms with Crippen LogP contribution in [-0.2, 0) is 0 Å². The van der Waals surface area contributed by atoms with Gasteiger partial charge >= 0.3 is 0 Å². The maximum absolute atomic E-state index is 13.5. The molecule has 8 heteroatoms. The zero-order valence-corrected chi connectivity index (χ0v) is 19.8. The molecule has 7 nitrogen and oxygen atoms in total. The van der Waals surface area contributed by atoms with Crippen LogP contribution >= 0.6 is 11.6 Å². The van der Waals surface area contributed by atoms with Crippen molar-refractivity contribution < 1.29 is 4.79 Å². The maximum Gasteiger partial charge on any atom is 0.253 e. The minimum atomic E-state index is -0.0999. The van der Waals surface area contributed by atoms with Crippen molar-refractivity contribution in [3.63, 3.8) is 0 Å². The number of carbonyl (C=O) groups excluding carboxylic acids is 1. The predicted molar refractivity (Wildman–Crippen MR) is 131 cm³/mol. The van der Waals surface area contributed by atoms with Crippen molar-refractivity contribution in [2.45, 2.75) is 50.1 Å². The summed E-state index contributed by atoms with van der Waals surface area (Å²) >= 11 is 6.57. The Hall–Kier alpha value is -2.48. The van der Waals surface area contributed by atoms with Crippen molar-refractivity contribution >= 4 is 28.4 Å². The van der Waals surface area contributed by atoms with Crippen molar-refractivity contribution in [3.05, 3.63) is 53.4 Å². The number of hydrogen-bond donors (Lipinski definition) is 2. The van der Waals surface area contributed by atoms with Crippen LogP contribution in [0.25, 0.3) is 16.9 Å². The van der Waals surface area contributed by atoms with Gasteiger partial charge in [0.2, 0.25) is 5.95 Å². The number of amides is 1. The van der Waals surface area contributed by atoms with E-state index in [9.17, 15) is 4.79 Å². The maximum atomic E-state index is 13.5. The fraction of sp³-hybridized carbons (Fsp3) is 0.480. The number of benzene rings is 1. The van der Waals surface area contributed by atoms with E-state index in [1.54, 1.807) is 18.5 Å². The third kappa shape index (κ3) is 4.25. The average Bonchev–Trinajstić information content (AvgIpc) is 3.50. The highest BCUT2D eigenvalue weighted by Crippen LogP contribution is 2.36. The van der Waals surface area contributed by atoms with Gasteiger partial charge in [0, 0.05) is 55.2 Å². The second-order valence-corrected chi connectivity index (χ2v) is 9.69. The summed E-state index contributed by atoms with van der Waals surface area (Å²) in [6.45, 7) is 2.78. The van der Waals surface area contributed by atoms with Crippen LogP contribution in [0.2, 0.25) is 5.02 Å². The molecule has 1 aliphatic heterocycles. The van der Waals surface area contributed by atoms with E-state index >= 15 is 0 Å². The second kappa shape index (κ2) is 9.41. The van der Waals surface area contributed by atoms with Crippen LogP contribution in [0.5, 0.6) is 0 Å². The van der Waals surface area contributed by atoms with Gasteiger partial charge in [-0.1, -0.05) is 36.9 Å². The van der Waals surface area contributed by atoms with E-state index < -0.39 is 0 Å². The second-order valence-electron chi connectivity index (χ2n) is 9.28. The molecule has 0 unspecified atom stereocenters. The highest BCUT2D eigenvalue weighted by atomic mass is 35.5. The average molecular weight is 467 g/mol. The van der Waals surface area contributed by atoms with Gasteiger partial charge in [-0.25, -0.2) is 9.97 Å². The van der Waals surface area contributed by atoms with E-state index in [-0.39, 0.29) is 11.4 Å². The third-order valence-electron chi connectivity index (χ3n) is 7.42. The van der Waals surface area contributed by atoms with Crippen LogP contribution in [-0.4, -0.2) is 63.6 Å². The Kier molecular flexibility index (Phi) is 6.36. The van der Waals surface area contributed by atoms with Crippen molar-refractivity contribution in [2.24, 2.45) is 0 Å². The molecule has 0 radical (unpaired) electrons. The standard InChI is InChI=1S/C25H31ClN6O/c1-27-18-9-14-31(15-18)25(10-3-2-4-11-25)17-30-23(33)19-16-32(24-28-12-6-13-29-24)21-8-5-7-20(26)22(19)21/h5-8,12-13,16,18,27H,2-4,9-11,14-15,17H2,1H3,(H,30,33)/t18-/m1/s1. The number of nitrogens with one attached hydrogen (secondary N) is 2. The lowest BCUT2D eigenvalue weighted by molar-refractivity contribution is 0.0639. The minimum Gasteiger partial charge on any atom is -0.350 e. The van der Waals surface area contributed by atoms with E-state index in [0.717, 1.165) is 43.3 Å². The molecule has 1 aromatic carbocycles. The van der Waals surface area contributed by atoms with Crippen LogP contribution in [0.3, 0.4) is 0 Å². The van der Waals surface area contributed by atoms with Crippen molar-refractivity contribution in [3.8, 4) is 5.95 Å². The van der Waals surface area contributed by atoms with Crippen molar-refractivity contribution in [1.29, 1.82) is 0 Å². The van der Waals surface area contributed by atoms with E-state index in [4.69, 9.17) is 11.6 Å². The highest BCUT2D eigenvalue weighted by molar-refractivity contribution is 6.37. The monoisotopic (exact) mass is 466 g/mol. The number of likely N-dealkylation sites (tertiary alicyclic amines) is 1. The molecule has 2 aliphatic rings. The quantitative estimate of drug-likeness (QED) is 0.578. The molecule has 1 aliphatic carbocycles. The van der Waals surface area contributed by atoms with Crippen molar-refractivity contribution in [1.82, 2.24) is 30.1 Å². The molecular formula is C25H31ClN6O. The molecule has 3 heterocycles. The summed E-state index contributed by atoms with van der Waals surface area (Å²) in [5, 5.41) is 8.00. The predicted octanol–water partition coefficient (Wildman–Crippen LogP) is 3.80. The molecule has 2 aromatic heterocycles. The Labute approximate surface area is 199 Å². The van der Waals surface area contributed by atoms with Crippen LogP contribution in [0.1, 0.15) is 48.9 Å². The SMILES string of the molecule is CN[C@@H]1CCN(C2(CNC(=O)c3cn(-c4ncccn4)c4cccc(Cl)c34)CCCCC2)C1. The van der Waals surface area contributed by atoms with Gasteiger partial charge in [-0.2, -0.15) is 0 Å². The zero-order chi connectivity index (χ0) is 22.8. The molecule has 0 bridgehead atoms. The largest absolute Gasteiger partial charge is 0.350 e. The first-order valence-corrected chi connectivity index (χ1v) is 12.3. The summed E-state index contributed by atoms with van der Waals surface area (Å²) in [7, 11) is 2.04. The molecule has 1 saturated heterocycles. The van der Waals surface area contributed by atoms with Gasteiger partial charge in [0.05, 0.1) is 16.1 Å². The van der Waals surface area contributed by atoms with E-state index in [1.807, 2.05) is 36.0 Å². The van der Waals surface area contributed by atoms with Gasteiger partial charge in [0.15, 0.2) is 0 Å². The minimum absolute atomic E-state index is 0.0320. The Morgan fingerprint density at radius 1 is 1.18 bits per heavy atom. The number of halogens is 1. The summed E-state index contributed by atoms with van der Waals surface area (Å²) in [6, 6.07) is 7.95. The molecule has 174 valence electrons. The van der Waals surface area contributed by atoms with Crippen LogP contribution in [0, 0.1) is 0 Å². The Morgan fingerprint density at radius 2 is 1.97 bits per heavy atom. The number of rotatable bonds is 6. The van der Waals surface area contributed by atoms with Gasteiger partial charge in [0.1, 0.15) is 0 Å². The first-order chi connectivity index (χ1) is 16.1. The summed E-state index contributed by atoms with van der Waals surface area (Å²) in [5.74, 6) is 0.417. The number of carbonyl (C=O) groups is 1. The molecule has 5 rings (SSSR count). The lowest BCUT2D eigenvalue weighted by atomic mass is 9.80. The van der Waals surface area contributed by atoms with Crippen molar-refractivity contribution in [2.75, 3.05) is 26.7 Å². The first kappa shape index (κ1) is 22.3. The molecule has 2 N–H and O–H groups in total. The molecule has 1 saturated carbocycles. The summed E-state index contributed by atoms with van der Waals surface area (Å²) < 4.78 is 1.84. The molecule has 3 aromatic rings. The highest BCUT2D eigenvalue weighted by Gasteiger charge is 2.41. The number of fused-ring (bicyclic) bond motifs is 1. The molecule has 33 heavy (non-hydrogen) atoms. The molecule has 2 fully saturated rings. The number of hydrogen-bond acceptors (Lipinski definition) is 5. The third-order valence-corrected chi connectivity index (χ3v) is 7.74. The van der Waals surface area contributed by atoms with Gasteiger partial charge in [-0.05, 0) is 44.5 Å². The van der Waals surface area contributed by atoms with Gasteiger partial charge < -0.3 is 10.6 Å². The van der Waals surface area contributed by atoms with Crippen LogP contribution in [0.15, 0.2) is 42.9 Å². The Balaban J connectivity index is 1.43. The normalized spacial score (nSPS) is 20.8. The molecule has 1 amide bonds. The number of likely N-dealkylation sites (N-methyl/N-ethyl adjacent to an activating group) is 1. The van der Waals surface area contributed by atoms with E-state index in [0.29, 0.717) is 29.1 Å². The number of aromatic nitrogens is 3. The zero-order valence-electron chi connectivity index (χ0n) is 19.1. The smallest absolute Gasteiger partial charge is 0.253 e. The number of nitrogens with zero attached hydrogens (tertiary/aromatic N) is 4. The van der Waals surface area contributed by atoms with Crippen LogP contribution in [0.4, 0.5) is 0 Å². The Bertz CT molecular complexity index is 1120. The lowest BCUT2D eigenvalue weighted by Crippen LogP contribution is -2.56. The molecule has 0 spiro atoms. The van der Waals surface area contributed by atoms with Gasteiger partial charge in [-0.3, -0.25) is 14.3 Å². The summed E-state index contributed by atoms with van der Waals surface area (Å²) in [6.07, 6.45) is 12.3. The topological polar surface area (TPSA) is 75.1 Å². The van der Waals surface area contributed by atoms with Crippen LogP contribution < -0.4 is 10.6 Å². The fourth-order valence-corrected chi connectivity index (χ4v) is 5.85.